The highest BCUT2D eigenvalue weighted by atomic mass is 127. The zero-order valence-electron chi connectivity index (χ0n) is 13.6. The minimum Gasteiger partial charge on any atom is -0.392 e. The first-order valence-corrected chi connectivity index (χ1v) is 7.38. The number of aliphatic imine (C=N–C) groups is 1. The molecule has 2 aromatic carbocycles. The van der Waals surface area contributed by atoms with Crippen LogP contribution in [0.1, 0.15) is 16.7 Å². The Kier molecular flexibility index (Phi) is 8.65. The van der Waals surface area contributed by atoms with Crippen molar-refractivity contribution in [2.75, 3.05) is 14.1 Å². The van der Waals surface area contributed by atoms with Crippen LogP contribution >= 0.6 is 24.0 Å². The molecule has 2 aromatic rings. The molecule has 0 atom stereocenters. The largest absolute Gasteiger partial charge is 0.392 e. The van der Waals surface area contributed by atoms with Gasteiger partial charge in [-0.2, -0.15) is 0 Å². The van der Waals surface area contributed by atoms with Crippen LogP contribution in [0.4, 0.5) is 0 Å². The predicted octanol–water partition coefficient (Wildman–Crippen LogP) is 3.00. The average Bonchev–Trinajstić information content (AvgIpc) is 2.55. The maximum Gasteiger partial charge on any atom is 0.194 e. The number of aliphatic hydroxyl groups excluding tert-OH is 1. The Balaban J connectivity index is 0.00000264. The highest BCUT2D eigenvalue weighted by Gasteiger charge is 2.04. The fourth-order valence-electron chi connectivity index (χ4n) is 2.16. The number of hydrogen-bond acceptors (Lipinski definition) is 2. The third-order valence-corrected chi connectivity index (χ3v) is 3.40. The van der Waals surface area contributed by atoms with Crippen LogP contribution in [0.2, 0.25) is 0 Å². The van der Waals surface area contributed by atoms with Crippen LogP contribution in [0.15, 0.2) is 59.6 Å². The predicted molar refractivity (Wildman–Crippen MR) is 106 cm³/mol. The van der Waals surface area contributed by atoms with Crippen molar-refractivity contribution >= 4 is 29.9 Å². The Morgan fingerprint density at radius 3 is 2.22 bits per heavy atom. The highest BCUT2D eigenvalue weighted by molar-refractivity contribution is 14.0. The molecule has 23 heavy (non-hydrogen) atoms. The lowest BCUT2D eigenvalue weighted by Gasteiger charge is -2.18. The second kappa shape index (κ2) is 10.2. The molecule has 0 radical (unpaired) electrons. The monoisotopic (exact) mass is 425 g/mol. The van der Waals surface area contributed by atoms with Crippen molar-refractivity contribution in [2.24, 2.45) is 4.99 Å². The summed E-state index contributed by atoms with van der Waals surface area (Å²) in [5.74, 6) is 0.830. The van der Waals surface area contributed by atoms with Crippen LogP contribution in [0.3, 0.4) is 0 Å². The fraction of sp³-hybridized carbons (Fsp3) is 0.278. The molecule has 0 aliphatic heterocycles. The van der Waals surface area contributed by atoms with Gasteiger partial charge in [0.15, 0.2) is 5.96 Å². The van der Waals surface area contributed by atoms with Crippen LogP contribution in [0.25, 0.3) is 0 Å². The number of benzene rings is 2. The lowest BCUT2D eigenvalue weighted by molar-refractivity contribution is 0.280. The molecule has 0 spiro atoms. The van der Waals surface area contributed by atoms with Crippen LogP contribution in [0, 0.1) is 0 Å². The fourth-order valence-corrected chi connectivity index (χ4v) is 2.16. The Morgan fingerprint density at radius 1 is 1.00 bits per heavy atom. The first-order chi connectivity index (χ1) is 10.7. The highest BCUT2D eigenvalue weighted by Crippen LogP contribution is 2.08. The van der Waals surface area contributed by atoms with Gasteiger partial charge in [0.2, 0.25) is 0 Å². The van der Waals surface area contributed by atoms with Gasteiger partial charge in [0.1, 0.15) is 0 Å². The molecular formula is C18H24IN3O. The van der Waals surface area contributed by atoms with E-state index in [2.05, 4.69) is 22.4 Å². The number of nitrogens with one attached hydrogen (secondary N) is 1. The summed E-state index contributed by atoms with van der Waals surface area (Å²) in [5, 5.41) is 12.7. The van der Waals surface area contributed by atoms with E-state index in [0.29, 0.717) is 13.1 Å². The van der Waals surface area contributed by atoms with Crippen LogP contribution in [-0.4, -0.2) is 30.1 Å². The van der Waals surface area contributed by atoms with Gasteiger partial charge < -0.3 is 15.3 Å². The summed E-state index contributed by atoms with van der Waals surface area (Å²) in [6.07, 6.45) is 0. The molecule has 0 aromatic heterocycles. The standard InChI is InChI=1S/C18H23N3O.HI/c1-21(2)18(19-12-15-8-4-3-5-9-15)20-13-16-10-6-7-11-17(16)14-22;/h3-11,22H,12-14H2,1-2H3,(H,19,20);1H. The third kappa shape index (κ3) is 6.19. The van der Waals surface area contributed by atoms with E-state index in [1.54, 1.807) is 0 Å². The van der Waals surface area contributed by atoms with Crippen molar-refractivity contribution in [3.63, 3.8) is 0 Å². The van der Waals surface area contributed by atoms with Crippen molar-refractivity contribution in [2.45, 2.75) is 19.7 Å². The Morgan fingerprint density at radius 2 is 1.61 bits per heavy atom. The Labute approximate surface area is 155 Å². The molecular weight excluding hydrogens is 401 g/mol. The van der Waals surface area contributed by atoms with Crippen molar-refractivity contribution in [1.82, 2.24) is 10.2 Å². The molecule has 0 unspecified atom stereocenters. The SMILES string of the molecule is CN(C)C(=NCc1ccccc1)NCc1ccccc1CO.I. The molecule has 0 amide bonds. The smallest absolute Gasteiger partial charge is 0.194 e. The molecule has 2 N–H and O–H groups in total. The quantitative estimate of drug-likeness (QED) is 0.440. The summed E-state index contributed by atoms with van der Waals surface area (Å²) in [4.78, 5) is 6.60. The molecule has 5 heteroatoms. The first-order valence-electron chi connectivity index (χ1n) is 7.38. The van der Waals surface area contributed by atoms with Crippen LogP contribution in [0.5, 0.6) is 0 Å². The lowest BCUT2D eigenvalue weighted by Crippen LogP contribution is -2.36. The van der Waals surface area contributed by atoms with E-state index in [0.717, 1.165) is 17.1 Å². The zero-order chi connectivity index (χ0) is 15.8. The van der Waals surface area contributed by atoms with E-state index in [1.165, 1.54) is 5.56 Å². The molecule has 0 heterocycles. The minimum atomic E-state index is 0. The van der Waals surface area contributed by atoms with Gasteiger partial charge in [0.25, 0.3) is 0 Å². The molecule has 0 fully saturated rings. The van der Waals surface area contributed by atoms with E-state index in [9.17, 15) is 5.11 Å². The van der Waals surface area contributed by atoms with E-state index in [1.807, 2.05) is 61.5 Å². The van der Waals surface area contributed by atoms with Gasteiger partial charge in [-0.1, -0.05) is 54.6 Å². The molecule has 4 nitrogen and oxygen atoms in total. The van der Waals surface area contributed by atoms with E-state index in [4.69, 9.17) is 0 Å². The second-order valence-electron chi connectivity index (χ2n) is 5.30. The van der Waals surface area contributed by atoms with Crippen molar-refractivity contribution in [3.05, 3.63) is 71.3 Å². The molecule has 124 valence electrons. The summed E-state index contributed by atoms with van der Waals surface area (Å²) < 4.78 is 0. The van der Waals surface area contributed by atoms with Gasteiger partial charge in [-0.25, -0.2) is 4.99 Å². The topological polar surface area (TPSA) is 47.9 Å². The zero-order valence-corrected chi connectivity index (χ0v) is 15.9. The molecule has 0 aliphatic rings. The van der Waals surface area contributed by atoms with Gasteiger partial charge in [-0.3, -0.25) is 0 Å². The molecule has 0 saturated heterocycles. The van der Waals surface area contributed by atoms with Gasteiger partial charge >= 0.3 is 0 Å². The first kappa shape index (κ1) is 19.4. The summed E-state index contributed by atoms with van der Waals surface area (Å²) in [6, 6.07) is 18.0. The second-order valence-corrected chi connectivity index (χ2v) is 5.30. The van der Waals surface area contributed by atoms with Crippen molar-refractivity contribution in [1.29, 1.82) is 0 Å². The van der Waals surface area contributed by atoms with Crippen molar-refractivity contribution in [3.8, 4) is 0 Å². The van der Waals surface area contributed by atoms with Crippen LogP contribution in [-0.2, 0) is 19.7 Å². The maximum absolute atomic E-state index is 9.38. The van der Waals surface area contributed by atoms with E-state index in [-0.39, 0.29) is 30.6 Å². The van der Waals surface area contributed by atoms with E-state index < -0.39 is 0 Å². The Hall–Kier alpha value is -1.60. The molecule has 2 rings (SSSR count). The third-order valence-electron chi connectivity index (χ3n) is 3.40. The minimum absolute atomic E-state index is 0. The average molecular weight is 425 g/mol. The van der Waals surface area contributed by atoms with Crippen molar-refractivity contribution < 1.29 is 5.11 Å². The number of halogens is 1. The maximum atomic E-state index is 9.38. The summed E-state index contributed by atoms with van der Waals surface area (Å²) >= 11 is 0. The lowest BCUT2D eigenvalue weighted by atomic mass is 10.1. The molecule has 0 aliphatic carbocycles. The normalized spacial score (nSPS) is 10.8. The van der Waals surface area contributed by atoms with Gasteiger partial charge in [-0.15, -0.1) is 24.0 Å². The number of aliphatic hydroxyl groups is 1. The van der Waals surface area contributed by atoms with Gasteiger partial charge in [0, 0.05) is 20.6 Å². The Bertz CT molecular complexity index is 615. The number of rotatable bonds is 5. The number of nitrogens with zero attached hydrogens (tertiary/aromatic N) is 2. The van der Waals surface area contributed by atoms with E-state index >= 15 is 0 Å². The summed E-state index contributed by atoms with van der Waals surface area (Å²) in [6.45, 7) is 1.34. The van der Waals surface area contributed by atoms with Crippen LogP contribution < -0.4 is 5.32 Å². The summed E-state index contributed by atoms with van der Waals surface area (Å²) in [7, 11) is 3.93. The van der Waals surface area contributed by atoms with Gasteiger partial charge in [-0.05, 0) is 16.7 Å². The van der Waals surface area contributed by atoms with Gasteiger partial charge in [0.05, 0.1) is 13.2 Å². The summed E-state index contributed by atoms with van der Waals surface area (Å²) in [5.41, 5.74) is 3.20. The number of guanidine groups is 1. The molecule has 0 saturated carbocycles. The molecule has 0 bridgehead atoms. The number of hydrogen-bond donors (Lipinski definition) is 2.